The summed E-state index contributed by atoms with van der Waals surface area (Å²) in [5.74, 6) is -1.67. The lowest BCUT2D eigenvalue weighted by molar-refractivity contribution is -0.141. The fraction of sp³-hybridized carbons (Fsp3) is 0.667. The average molecular weight is 231 g/mol. The highest BCUT2D eigenvalue weighted by Gasteiger charge is 2.20. The van der Waals surface area contributed by atoms with E-state index in [4.69, 9.17) is 11.5 Å². The highest BCUT2D eigenvalue weighted by molar-refractivity contribution is 5.88. The van der Waals surface area contributed by atoms with Crippen LogP contribution >= 0.6 is 0 Å². The molecule has 2 atom stereocenters. The van der Waals surface area contributed by atoms with Crippen LogP contribution in [-0.2, 0) is 19.1 Å². The molecular formula is C9H17N3O4. The summed E-state index contributed by atoms with van der Waals surface area (Å²) < 4.78 is 4.40. The zero-order valence-corrected chi connectivity index (χ0v) is 9.36. The molecule has 0 fully saturated rings. The summed E-state index contributed by atoms with van der Waals surface area (Å²) in [7, 11) is 1.24. The Labute approximate surface area is 93.5 Å². The van der Waals surface area contributed by atoms with Crippen LogP contribution in [0.5, 0.6) is 0 Å². The van der Waals surface area contributed by atoms with Gasteiger partial charge in [-0.3, -0.25) is 14.4 Å². The number of nitrogens with two attached hydrogens (primary N) is 2. The molecule has 92 valence electrons. The van der Waals surface area contributed by atoms with E-state index in [0.717, 1.165) is 0 Å². The molecule has 0 saturated heterocycles. The van der Waals surface area contributed by atoms with Crippen molar-refractivity contribution >= 4 is 17.8 Å². The van der Waals surface area contributed by atoms with Gasteiger partial charge >= 0.3 is 5.97 Å². The first kappa shape index (κ1) is 14.4. The van der Waals surface area contributed by atoms with E-state index >= 15 is 0 Å². The summed E-state index contributed by atoms with van der Waals surface area (Å²) in [6.45, 7) is 1.48. The first-order chi connectivity index (χ1) is 7.38. The fourth-order valence-electron chi connectivity index (χ4n) is 0.953. The molecule has 0 aromatic heterocycles. The second-order valence-corrected chi connectivity index (χ2v) is 3.37. The van der Waals surface area contributed by atoms with E-state index in [1.807, 2.05) is 0 Å². The van der Waals surface area contributed by atoms with Crippen LogP contribution in [0.2, 0.25) is 0 Å². The number of methoxy groups -OCH3 is 1. The Morgan fingerprint density at radius 2 is 1.94 bits per heavy atom. The van der Waals surface area contributed by atoms with Crippen molar-refractivity contribution < 1.29 is 19.1 Å². The van der Waals surface area contributed by atoms with Crippen molar-refractivity contribution in [3.63, 3.8) is 0 Å². The number of carbonyl (C=O) groups excluding carboxylic acids is 3. The van der Waals surface area contributed by atoms with E-state index < -0.39 is 29.9 Å². The molecule has 5 N–H and O–H groups in total. The van der Waals surface area contributed by atoms with Crippen LogP contribution in [0.1, 0.15) is 19.8 Å². The Morgan fingerprint density at radius 1 is 1.38 bits per heavy atom. The molecule has 0 spiro atoms. The molecule has 0 aromatic carbocycles. The molecule has 0 unspecified atom stereocenters. The first-order valence-corrected chi connectivity index (χ1v) is 4.80. The Morgan fingerprint density at radius 3 is 2.31 bits per heavy atom. The topological polar surface area (TPSA) is 125 Å². The Bertz CT molecular complexity index is 278. The molecule has 0 radical (unpaired) electrons. The molecule has 0 aliphatic rings. The van der Waals surface area contributed by atoms with Gasteiger partial charge in [0, 0.05) is 6.42 Å². The monoisotopic (exact) mass is 231 g/mol. The summed E-state index contributed by atoms with van der Waals surface area (Å²) in [5.41, 5.74) is 10.4. The predicted octanol–water partition coefficient (Wildman–Crippen LogP) is -1.74. The predicted molar refractivity (Wildman–Crippen MR) is 56.0 cm³/mol. The van der Waals surface area contributed by atoms with E-state index in [1.165, 1.54) is 14.0 Å². The zero-order valence-electron chi connectivity index (χ0n) is 9.36. The van der Waals surface area contributed by atoms with Gasteiger partial charge in [0.1, 0.15) is 6.04 Å². The molecule has 2 amide bonds. The van der Waals surface area contributed by atoms with E-state index in [2.05, 4.69) is 10.1 Å². The Kier molecular flexibility index (Phi) is 6.09. The highest BCUT2D eigenvalue weighted by atomic mass is 16.5. The van der Waals surface area contributed by atoms with Crippen molar-refractivity contribution in [2.24, 2.45) is 11.5 Å². The third-order valence-corrected chi connectivity index (χ3v) is 1.94. The van der Waals surface area contributed by atoms with Gasteiger partial charge in [-0.2, -0.15) is 0 Å². The molecule has 0 saturated carbocycles. The van der Waals surface area contributed by atoms with Crippen LogP contribution in [-0.4, -0.2) is 37.0 Å². The largest absolute Gasteiger partial charge is 0.469 e. The van der Waals surface area contributed by atoms with Crippen molar-refractivity contribution in [3.05, 3.63) is 0 Å². The molecule has 16 heavy (non-hydrogen) atoms. The van der Waals surface area contributed by atoms with E-state index in [9.17, 15) is 14.4 Å². The van der Waals surface area contributed by atoms with Crippen molar-refractivity contribution in [2.75, 3.05) is 7.11 Å². The van der Waals surface area contributed by atoms with Crippen LogP contribution in [0, 0.1) is 0 Å². The molecule has 7 nitrogen and oxygen atoms in total. The summed E-state index contributed by atoms with van der Waals surface area (Å²) in [5, 5.41) is 2.35. The second kappa shape index (κ2) is 6.78. The van der Waals surface area contributed by atoms with Gasteiger partial charge in [-0.15, -0.1) is 0 Å². The number of hydrogen-bond acceptors (Lipinski definition) is 5. The molecule has 0 rings (SSSR count). The van der Waals surface area contributed by atoms with E-state index in [-0.39, 0.29) is 12.8 Å². The summed E-state index contributed by atoms with van der Waals surface area (Å²) in [4.78, 5) is 33.0. The standard InChI is InChI=1S/C9H17N3O4/c1-5(10)9(15)12-6(8(11)14)3-4-7(13)16-2/h5-6H,3-4,10H2,1-2H3,(H2,11,14)(H,12,15)/t5-,6+/m0/s1. The Hall–Kier alpha value is -1.63. The average Bonchev–Trinajstić information content (AvgIpc) is 2.22. The quantitative estimate of drug-likeness (QED) is 0.468. The summed E-state index contributed by atoms with van der Waals surface area (Å²) >= 11 is 0. The van der Waals surface area contributed by atoms with E-state index in [1.54, 1.807) is 0 Å². The molecular weight excluding hydrogens is 214 g/mol. The van der Waals surface area contributed by atoms with Crippen LogP contribution < -0.4 is 16.8 Å². The van der Waals surface area contributed by atoms with Gasteiger partial charge in [-0.1, -0.05) is 0 Å². The minimum Gasteiger partial charge on any atom is -0.469 e. The summed E-state index contributed by atoms with van der Waals surface area (Å²) in [6.07, 6.45) is 0.101. The lowest BCUT2D eigenvalue weighted by atomic mass is 10.1. The van der Waals surface area contributed by atoms with Crippen molar-refractivity contribution in [1.29, 1.82) is 0 Å². The van der Waals surface area contributed by atoms with Crippen molar-refractivity contribution in [3.8, 4) is 0 Å². The van der Waals surface area contributed by atoms with Crippen LogP contribution in [0.25, 0.3) is 0 Å². The molecule has 0 aromatic rings. The van der Waals surface area contributed by atoms with Gasteiger partial charge in [-0.05, 0) is 13.3 Å². The van der Waals surface area contributed by atoms with Crippen LogP contribution in [0.4, 0.5) is 0 Å². The maximum absolute atomic E-state index is 11.2. The van der Waals surface area contributed by atoms with Gasteiger partial charge in [0.2, 0.25) is 11.8 Å². The molecule has 0 aliphatic carbocycles. The minimum absolute atomic E-state index is 0.00331. The highest BCUT2D eigenvalue weighted by Crippen LogP contribution is 1.99. The Balaban J connectivity index is 4.24. The lowest BCUT2D eigenvalue weighted by Gasteiger charge is -2.16. The molecule has 0 aliphatic heterocycles. The van der Waals surface area contributed by atoms with Gasteiger partial charge in [0.25, 0.3) is 0 Å². The van der Waals surface area contributed by atoms with Gasteiger partial charge < -0.3 is 21.5 Å². The summed E-state index contributed by atoms with van der Waals surface area (Å²) in [6, 6.07) is -1.64. The number of primary amides is 1. The van der Waals surface area contributed by atoms with Crippen LogP contribution in [0.15, 0.2) is 0 Å². The number of rotatable bonds is 6. The zero-order chi connectivity index (χ0) is 12.7. The number of amides is 2. The van der Waals surface area contributed by atoms with Gasteiger partial charge in [0.15, 0.2) is 0 Å². The smallest absolute Gasteiger partial charge is 0.305 e. The number of esters is 1. The van der Waals surface area contributed by atoms with Crippen molar-refractivity contribution in [2.45, 2.75) is 31.8 Å². The maximum atomic E-state index is 11.2. The molecule has 7 heteroatoms. The van der Waals surface area contributed by atoms with E-state index in [0.29, 0.717) is 0 Å². The molecule has 0 heterocycles. The number of carbonyl (C=O) groups is 3. The third kappa shape index (κ3) is 5.30. The third-order valence-electron chi connectivity index (χ3n) is 1.94. The first-order valence-electron chi connectivity index (χ1n) is 4.80. The number of nitrogens with one attached hydrogen (secondary N) is 1. The fourth-order valence-corrected chi connectivity index (χ4v) is 0.953. The normalized spacial score (nSPS) is 13.7. The lowest BCUT2D eigenvalue weighted by Crippen LogP contribution is -2.49. The minimum atomic E-state index is -0.905. The molecule has 0 bridgehead atoms. The van der Waals surface area contributed by atoms with Crippen molar-refractivity contribution in [1.82, 2.24) is 5.32 Å². The van der Waals surface area contributed by atoms with Crippen LogP contribution in [0.3, 0.4) is 0 Å². The second-order valence-electron chi connectivity index (χ2n) is 3.37. The van der Waals surface area contributed by atoms with Gasteiger partial charge in [0.05, 0.1) is 13.2 Å². The maximum Gasteiger partial charge on any atom is 0.305 e. The van der Waals surface area contributed by atoms with Gasteiger partial charge in [-0.25, -0.2) is 0 Å². The SMILES string of the molecule is COC(=O)CC[C@@H](NC(=O)[C@H](C)N)C(N)=O. The number of ether oxygens (including phenoxy) is 1. The number of hydrogen-bond donors (Lipinski definition) is 3.